The van der Waals surface area contributed by atoms with Crippen LogP contribution < -0.4 is 0 Å². The highest BCUT2D eigenvalue weighted by Gasteiger charge is 2.34. The third-order valence-electron chi connectivity index (χ3n) is 5.46. The number of halogens is 1. The molecule has 0 spiro atoms. The van der Waals surface area contributed by atoms with Crippen LogP contribution in [0.3, 0.4) is 0 Å². The molecule has 1 aliphatic rings. The Labute approximate surface area is 184 Å². The molecule has 1 heterocycles. The standard InChI is InChI=1S/C21H27ClN2O4S2/c1-15(2)18-5-7-19(8-6-18)29(25,26)23-9-11-24(12-10-23)30(27,28)21-14-16(3)20(22)13-17(21)4/h5-8,13-15H,9-12H2,1-4H3. The maximum atomic E-state index is 13.1. The summed E-state index contributed by atoms with van der Waals surface area (Å²) >= 11 is 6.09. The quantitative estimate of drug-likeness (QED) is 0.666. The molecule has 2 aromatic rings. The summed E-state index contributed by atoms with van der Waals surface area (Å²) in [6, 6.07) is 10.1. The highest BCUT2D eigenvalue weighted by molar-refractivity contribution is 7.89. The number of nitrogens with zero attached hydrogens (tertiary/aromatic N) is 2. The van der Waals surface area contributed by atoms with Gasteiger partial charge in [0, 0.05) is 31.2 Å². The Bertz CT molecular complexity index is 1140. The van der Waals surface area contributed by atoms with E-state index in [0.717, 1.165) is 5.56 Å². The fraction of sp³-hybridized carbons (Fsp3) is 0.429. The molecule has 0 aromatic heterocycles. The van der Waals surface area contributed by atoms with Crippen LogP contribution in [0.15, 0.2) is 46.2 Å². The highest BCUT2D eigenvalue weighted by atomic mass is 35.5. The van der Waals surface area contributed by atoms with Crippen LogP contribution in [0.5, 0.6) is 0 Å². The van der Waals surface area contributed by atoms with E-state index in [0.29, 0.717) is 22.1 Å². The van der Waals surface area contributed by atoms with Gasteiger partial charge in [0.2, 0.25) is 20.0 Å². The van der Waals surface area contributed by atoms with E-state index in [4.69, 9.17) is 11.6 Å². The van der Waals surface area contributed by atoms with Crippen LogP contribution in [0.4, 0.5) is 0 Å². The Morgan fingerprint density at radius 3 is 1.80 bits per heavy atom. The Morgan fingerprint density at radius 1 is 0.800 bits per heavy atom. The molecule has 6 nitrogen and oxygen atoms in total. The van der Waals surface area contributed by atoms with Crippen molar-refractivity contribution in [1.82, 2.24) is 8.61 Å². The first-order chi connectivity index (χ1) is 13.9. The fourth-order valence-electron chi connectivity index (χ4n) is 3.50. The van der Waals surface area contributed by atoms with Crippen molar-refractivity contribution in [3.8, 4) is 0 Å². The zero-order chi connectivity index (χ0) is 22.3. The Kier molecular flexibility index (Phi) is 6.65. The zero-order valence-corrected chi connectivity index (χ0v) is 20.0. The van der Waals surface area contributed by atoms with Gasteiger partial charge in [0.25, 0.3) is 0 Å². The Morgan fingerprint density at radius 2 is 1.30 bits per heavy atom. The summed E-state index contributed by atoms with van der Waals surface area (Å²) in [5, 5.41) is 0.519. The largest absolute Gasteiger partial charge is 0.243 e. The van der Waals surface area contributed by atoms with Crippen LogP contribution in [-0.2, 0) is 20.0 Å². The molecule has 9 heteroatoms. The minimum absolute atomic E-state index is 0.104. The van der Waals surface area contributed by atoms with Crippen molar-refractivity contribution in [2.24, 2.45) is 0 Å². The second kappa shape index (κ2) is 8.59. The summed E-state index contributed by atoms with van der Waals surface area (Å²) in [7, 11) is -7.39. The maximum absolute atomic E-state index is 13.1. The van der Waals surface area contributed by atoms with Gasteiger partial charge < -0.3 is 0 Å². The predicted molar refractivity (Wildman–Crippen MR) is 119 cm³/mol. The van der Waals surface area contributed by atoms with Gasteiger partial charge in [-0.2, -0.15) is 8.61 Å². The molecular formula is C21H27ClN2O4S2. The highest BCUT2D eigenvalue weighted by Crippen LogP contribution is 2.28. The summed E-state index contributed by atoms with van der Waals surface area (Å²) in [5.41, 5.74) is 2.33. The molecular weight excluding hydrogens is 444 g/mol. The molecule has 1 aliphatic heterocycles. The molecule has 1 saturated heterocycles. The van der Waals surface area contributed by atoms with Gasteiger partial charge in [-0.05, 0) is 60.7 Å². The molecule has 0 N–H and O–H groups in total. The van der Waals surface area contributed by atoms with Crippen LogP contribution >= 0.6 is 11.6 Å². The normalized spacial score (nSPS) is 16.9. The third kappa shape index (κ3) is 4.43. The molecule has 2 aromatic carbocycles. The van der Waals surface area contributed by atoms with Crippen molar-refractivity contribution >= 4 is 31.6 Å². The molecule has 0 unspecified atom stereocenters. The fourth-order valence-corrected chi connectivity index (χ4v) is 6.85. The van der Waals surface area contributed by atoms with Crippen LogP contribution in [-0.4, -0.2) is 51.6 Å². The number of piperazine rings is 1. The van der Waals surface area contributed by atoms with E-state index in [1.807, 2.05) is 26.0 Å². The number of aryl methyl sites for hydroxylation is 2. The van der Waals surface area contributed by atoms with Crippen molar-refractivity contribution in [2.45, 2.75) is 43.4 Å². The van der Waals surface area contributed by atoms with Crippen LogP contribution in [0, 0.1) is 13.8 Å². The molecule has 164 valence electrons. The van der Waals surface area contributed by atoms with Gasteiger partial charge in [0.15, 0.2) is 0 Å². The van der Waals surface area contributed by atoms with Crippen LogP contribution in [0.1, 0.15) is 36.5 Å². The van der Waals surface area contributed by atoms with Gasteiger partial charge in [0.1, 0.15) is 0 Å². The number of sulfonamides is 2. The van der Waals surface area contributed by atoms with E-state index < -0.39 is 20.0 Å². The lowest BCUT2D eigenvalue weighted by molar-refractivity contribution is 0.272. The minimum Gasteiger partial charge on any atom is -0.207 e. The molecule has 30 heavy (non-hydrogen) atoms. The number of hydrogen-bond donors (Lipinski definition) is 0. The van der Waals surface area contributed by atoms with E-state index in [9.17, 15) is 16.8 Å². The van der Waals surface area contributed by atoms with Gasteiger partial charge in [0.05, 0.1) is 9.79 Å². The van der Waals surface area contributed by atoms with Crippen molar-refractivity contribution in [2.75, 3.05) is 26.2 Å². The molecule has 0 radical (unpaired) electrons. The molecule has 0 bridgehead atoms. The van der Waals surface area contributed by atoms with E-state index in [-0.39, 0.29) is 36.0 Å². The minimum atomic E-state index is -3.73. The SMILES string of the molecule is Cc1cc(S(=O)(=O)N2CCN(S(=O)(=O)c3ccc(C(C)C)cc3)CC2)c(C)cc1Cl. The summed E-state index contributed by atoms with van der Waals surface area (Å²) < 4.78 is 54.9. The molecule has 3 rings (SSSR count). The van der Waals surface area contributed by atoms with E-state index in [1.165, 1.54) is 8.61 Å². The first kappa shape index (κ1) is 23.2. The lowest BCUT2D eigenvalue weighted by Crippen LogP contribution is -2.50. The number of hydrogen-bond acceptors (Lipinski definition) is 4. The molecule has 0 amide bonds. The van der Waals surface area contributed by atoms with Crippen molar-refractivity contribution in [3.63, 3.8) is 0 Å². The van der Waals surface area contributed by atoms with E-state index in [1.54, 1.807) is 38.1 Å². The van der Waals surface area contributed by atoms with Crippen molar-refractivity contribution < 1.29 is 16.8 Å². The number of benzene rings is 2. The second-order valence-corrected chi connectivity index (χ2v) is 12.2. The Hall–Kier alpha value is -1.45. The average Bonchev–Trinajstić information content (AvgIpc) is 2.70. The molecule has 0 aliphatic carbocycles. The van der Waals surface area contributed by atoms with Crippen molar-refractivity contribution in [3.05, 3.63) is 58.1 Å². The van der Waals surface area contributed by atoms with Gasteiger partial charge in [-0.15, -0.1) is 0 Å². The smallest absolute Gasteiger partial charge is 0.207 e. The lowest BCUT2D eigenvalue weighted by atomic mass is 10.0. The molecule has 0 atom stereocenters. The lowest BCUT2D eigenvalue weighted by Gasteiger charge is -2.33. The summed E-state index contributed by atoms with van der Waals surface area (Å²) in [5.74, 6) is 0.315. The topological polar surface area (TPSA) is 74.8 Å². The first-order valence-electron chi connectivity index (χ1n) is 9.81. The van der Waals surface area contributed by atoms with Gasteiger partial charge >= 0.3 is 0 Å². The second-order valence-electron chi connectivity index (χ2n) is 7.90. The summed E-state index contributed by atoms with van der Waals surface area (Å²) in [4.78, 5) is 0.442. The van der Waals surface area contributed by atoms with Crippen molar-refractivity contribution in [1.29, 1.82) is 0 Å². The van der Waals surface area contributed by atoms with E-state index in [2.05, 4.69) is 0 Å². The third-order valence-corrected chi connectivity index (χ3v) is 9.82. The van der Waals surface area contributed by atoms with Gasteiger partial charge in [-0.1, -0.05) is 37.6 Å². The van der Waals surface area contributed by atoms with Crippen LogP contribution in [0.25, 0.3) is 0 Å². The average molecular weight is 471 g/mol. The molecule has 0 saturated carbocycles. The summed E-state index contributed by atoms with van der Waals surface area (Å²) in [6.07, 6.45) is 0. The monoisotopic (exact) mass is 470 g/mol. The number of rotatable bonds is 5. The van der Waals surface area contributed by atoms with Gasteiger partial charge in [-0.25, -0.2) is 16.8 Å². The van der Waals surface area contributed by atoms with Crippen LogP contribution in [0.2, 0.25) is 5.02 Å². The van der Waals surface area contributed by atoms with E-state index >= 15 is 0 Å². The Balaban J connectivity index is 1.77. The summed E-state index contributed by atoms with van der Waals surface area (Å²) in [6.45, 7) is 7.99. The molecule has 1 fully saturated rings. The maximum Gasteiger partial charge on any atom is 0.243 e. The predicted octanol–water partition coefficient (Wildman–Crippen LogP) is 3.78. The van der Waals surface area contributed by atoms with Gasteiger partial charge in [-0.3, -0.25) is 0 Å². The zero-order valence-electron chi connectivity index (χ0n) is 17.6. The first-order valence-corrected chi connectivity index (χ1v) is 13.1.